The SMILES string of the molecule is c1ccc(-c2nc(-c3cccc4c3Oc3ccccc3C4(c3ccccc3)c3ccccc3)nc(-c3cccc4c3Oc3ccccc3C4(c3ccccc3)c3ccccc3)n2)cc1. The molecule has 2 aliphatic rings. The Morgan fingerprint density at radius 3 is 0.969 bits per heavy atom. The molecule has 0 atom stereocenters. The van der Waals surface area contributed by atoms with Crippen molar-refractivity contribution in [2.45, 2.75) is 10.8 Å². The summed E-state index contributed by atoms with van der Waals surface area (Å²) in [6.07, 6.45) is 0. The molecule has 0 unspecified atom stereocenters. The predicted molar refractivity (Wildman–Crippen MR) is 253 cm³/mol. The van der Waals surface area contributed by atoms with Crippen LogP contribution >= 0.6 is 0 Å². The number of benzene rings is 9. The lowest BCUT2D eigenvalue weighted by Gasteiger charge is -2.42. The smallest absolute Gasteiger partial charge is 0.167 e. The summed E-state index contributed by atoms with van der Waals surface area (Å²) >= 11 is 0. The number of fused-ring (bicyclic) bond motifs is 4. The van der Waals surface area contributed by atoms with Gasteiger partial charge in [-0.15, -0.1) is 0 Å². The lowest BCUT2D eigenvalue weighted by atomic mass is 9.63. The summed E-state index contributed by atoms with van der Waals surface area (Å²) in [7, 11) is 0. The van der Waals surface area contributed by atoms with E-state index in [4.69, 9.17) is 24.4 Å². The molecule has 0 fully saturated rings. The van der Waals surface area contributed by atoms with Gasteiger partial charge in [0.15, 0.2) is 17.5 Å². The largest absolute Gasteiger partial charge is 0.456 e. The van der Waals surface area contributed by atoms with Gasteiger partial charge in [0.2, 0.25) is 0 Å². The van der Waals surface area contributed by atoms with Gasteiger partial charge >= 0.3 is 0 Å². The molecular formula is C59H39N3O2. The van der Waals surface area contributed by atoms with Gasteiger partial charge in [0.25, 0.3) is 0 Å². The molecule has 0 saturated carbocycles. The maximum absolute atomic E-state index is 7.08. The molecule has 5 nitrogen and oxygen atoms in total. The van der Waals surface area contributed by atoms with Gasteiger partial charge in [-0.2, -0.15) is 0 Å². The van der Waals surface area contributed by atoms with Gasteiger partial charge < -0.3 is 9.47 Å². The molecule has 3 heterocycles. The minimum atomic E-state index is -0.710. The summed E-state index contributed by atoms with van der Waals surface area (Å²) in [5.74, 6) is 4.45. The van der Waals surface area contributed by atoms with Crippen molar-refractivity contribution in [2.24, 2.45) is 0 Å². The first-order valence-electron chi connectivity index (χ1n) is 21.6. The van der Waals surface area contributed by atoms with E-state index in [0.29, 0.717) is 29.0 Å². The Morgan fingerprint density at radius 1 is 0.266 bits per heavy atom. The summed E-state index contributed by atoms with van der Waals surface area (Å²) < 4.78 is 14.2. The Balaban J connectivity index is 1.13. The van der Waals surface area contributed by atoms with Gasteiger partial charge in [0.1, 0.15) is 23.0 Å². The van der Waals surface area contributed by atoms with E-state index in [9.17, 15) is 0 Å². The third-order valence-electron chi connectivity index (χ3n) is 12.8. The van der Waals surface area contributed by atoms with Crippen molar-refractivity contribution in [1.29, 1.82) is 0 Å². The summed E-state index contributed by atoms with van der Waals surface area (Å²) in [5.41, 5.74) is 9.59. The molecule has 5 heteroatoms. The molecule has 0 amide bonds. The van der Waals surface area contributed by atoms with Crippen LogP contribution in [0.3, 0.4) is 0 Å². The minimum Gasteiger partial charge on any atom is -0.456 e. The zero-order valence-corrected chi connectivity index (χ0v) is 34.7. The van der Waals surface area contributed by atoms with Gasteiger partial charge in [-0.05, 0) is 46.5 Å². The van der Waals surface area contributed by atoms with E-state index in [0.717, 1.165) is 72.7 Å². The highest BCUT2D eigenvalue weighted by Gasteiger charge is 2.48. The van der Waals surface area contributed by atoms with Crippen LogP contribution in [0, 0.1) is 0 Å². The van der Waals surface area contributed by atoms with Crippen molar-refractivity contribution in [3.63, 3.8) is 0 Å². The van der Waals surface area contributed by atoms with Crippen molar-refractivity contribution >= 4 is 0 Å². The van der Waals surface area contributed by atoms with Crippen LogP contribution in [0.25, 0.3) is 34.2 Å². The van der Waals surface area contributed by atoms with Crippen molar-refractivity contribution in [3.05, 3.63) is 281 Å². The number of hydrogen-bond acceptors (Lipinski definition) is 5. The molecule has 0 N–H and O–H groups in total. The number of ether oxygens (including phenoxy) is 2. The van der Waals surface area contributed by atoms with Crippen LogP contribution in [0.2, 0.25) is 0 Å². The molecule has 12 rings (SSSR count). The van der Waals surface area contributed by atoms with Gasteiger partial charge in [-0.3, -0.25) is 0 Å². The fourth-order valence-corrected chi connectivity index (χ4v) is 10.1. The van der Waals surface area contributed by atoms with Crippen molar-refractivity contribution in [3.8, 4) is 57.2 Å². The third-order valence-corrected chi connectivity index (χ3v) is 12.8. The average Bonchev–Trinajstić information content (AvgIpc) is 3.38. The Bertz CT molecular complexity index is 3040. The fourth-order valence-electron chi connectivity index (χ4n) is 10.1. The monoisotopic (exact) mass is 821 g/mol. The second-order valence-electron chi connectivity index (χ2n) is 16.2. The maximum atomic E-state index is 7.08. The molecular weight excluding hydrogens is 783 g/mol. The molecule has 0 saturated heterocycles. The van der Waals surface area contributed by atoms with E-state index < -0.39 is 10.8 Å². The Labute approximate surface area is 372 Å². The van der Waals surface area contributed by atoms with Crippen LogP contribution in [-0.2, 0) is 10.8 Å². The van der Waals surface area contributed by atoms with Crippen molar-refractivity contribution in [2.75, 3.05) is 0 Å². The standard InChI is InChI=1S/C59H39N3O2/c1-6-22-40(23-7-1)55-60-56(45-32-20-36-49-53(45)63-51-38-18-16-34-47(51)58(49,41-24-8-2-9-25-41)42-26-10-3-11-27-42)62-57(61-55)46-33-21-37-50-54(46)64-52-39-19-17-35-48(52)59(50,43-28-12-4-13-29-43)44-30-14-5-15-31-44/h1-39H. The van der Waals surface area contributed by atoms with Crippen molar-refractivity contribution < 1.29 is 9.47 Å². The first kappa shape index (κ1) is 37.4. The van der Waals surface area contributed by atoms with Crippen LogP contribution in [0.1, 0.15) is 44.5 Å². The minimum absolute atomic E-state index is 0.487. The topological polar surface area (TPSA) is 57.1 Å². The molecule has 64 heavy (non-hydrogen) atoms. The van der Waals surface area contributed by atoms with Crippen LogP contribution in [-0.4, -0.2) is 15.0 Å². The number of aromatic nitrogens is 3. The zero-order chi connectivity index (χ0) is 42.5. The number of rotatable bonds is 7. The molecule has 0 bridgehead atoms. The summed E-state index contributed by atoms with van der Waals surface area (Å²) in [6.45, 7) is 0. The van der Waals surface area contributed by atoms with Crippen molar-refractivity contribution in [1.82, 2.24) is 15.0 Å². The first-order chi connectivity index (χ1) is 31.7. The molecule has 0 radical (unpaired) electrons. The Hall–Kier alpha value is -8.41. The van der Waals surface area contributed by atoms with E-state index in [1.165, 1.54) is 0 Å². The summed E-state index contributed by atoms with van der Waals surface area (Å²) in [6, 6.07) is 82.3. The highest BCUT2D eigenvalue weighted by atomic mass is 16.5. The predicted octanol–water partition coefficient (Wildman–Crippen LogP) is 13.8. The molecule has 302 valence electrons. The normalized spacial score (nSPS) is 13.8. The summed E-state index contributed by atoms with van der Waals surface area (Å²) in [4.78, 5) is 16.0. The third kappa shape index (κ3) is 5.68. The van der Waals surface area contributed by atoms with Crippen LogP contribution in [0.4, 0.5) is 0 Å². The second-order valence-corrected chi connectivity index (χ2v) is 16.2. The zero-order valence-electron chi connectivity index (χ0n) is 34.7. The van der Waals surface area contributed by atoms with E-state index in [-0.39, 0.29) is 0 Å². The molecule has 2 aliphatic heterocycles. The highest BCUT2D eigenvalue weighted by molar-refractivity contribution is 5.81. The second kappa shape index (κ2) is 15.2. The molecule has 9 aromatic carbocycles. The molecule has 1 aromatic heterocycles. The Morgan fingerprint density at radius 2 is 0.578 bits per heavy atom. The van der Waals surface area contributed by atoms with Crippen LogP contribution in [0.15, 0.2) is 237 Å². The van der Waals surface area contributed by atoms with E-state index in [2.05, 4.69) is 194 Å². The average molecular weight is 822 g/mol. The van der Waals surface area contributed by atoms with Gasteiger partial charge in [-0.25, -0.2) is 15.0 Å². The fraction of sp³-hybridized carbons (Fsp3) is 0.0339. The number of nitrogens with zero attached hydrogens (tertiary/aromatic N) is 3. The summed E-state index contributed by atoms with van der Waals surface area (Å²) in [5, 5.41) is 0. The lowest BCUT2D eigenvalue weighted by molar-refractivity contribution is 0.435. The van der Waals surface area contributed by atoms with Crippen LogP contribution < -0.4 is 9.47 Å². The van der Waals surface area contributed by atoms with Gasteiger partial charge in [0.05, 0.1) is 22.0 Å². The lowest BCUT2D eigenvalue weighted by Crippen LogP contribution is -2.34. The first-order valence-corrected chi connectivity index (χ1v) is 21.6. The molecule has 10 aromatic rings. The van der Waals surface area contributed by atoms with Crippen LogP contribution in [0.5, 0.6) is 23.0 Å². The number of para-hydroxylation sites is 4. The molecule has 0 aliphatic carbocycles. The number of hydrogen-bond donors (Lipinski definition) is 0. The van der Waals surface area contributed by atoms with Gasteiger partial charge in [-0.1, -0.05) is 212 Å². The highest BCUT2D eigenvalue weighted by Crippen LogP contribution is 2.59. The van der Waals surface area contributed by atoms with E-state index in [1.54, 1.807) is 0 Å². The molecule has 0 spiro atoms. The quantitative estimate of drug-likeness (QED) is 0.160. The van der Waals surface area contributed by atoms with E-state index >= 15 is 0 Å². The Kier molecular flexibility index (Phi) is 8.87. The van der Waals surface area contributed by atoms with E-state index in [1.807, 2.05) is 42.5 Å². The maximum Gasteiger partial charge on any atom is 0.167 e. The van der Waals surface area contributed by atoms with Gasteiger partial charge in [0, 0.05) is 27.8 Å².